The van der Waals surface area contributed by atoms with Crippen LogP contribution in [0.3, 0.4) is 0 Å². The number of aryl methyl sites for hydroxylation is 2. The predicted molar refractivity (Wildman–Crippen MR) is 97.1 cm³/mol. The molecular weight excluding hydrogens is 356 g/mol. The second-order valence-corrected chi connectivity index (χ2v) is 7.77. The predicted octanol–water partition coefficient (Wildman–Crippen LogP) is 1.99. The molecule has 8 heteroatoms. The van der Waals surface area contributed by atoms with Gasteiger partial charge in [-0.3, -0.25) is 4.79 Å². The van der Waals surface area contributed by atoms with Gasteiger partial charge >= 0.3 is 0 Å². The standard InChI is InChI=1S/C18H20N2O5S/c1-11-9-17(12(2)8-15(11)24-3)26(22,23)19-10-16-18(21)20-13-6-4-5-7-14(13)25-16/h4-9,16,19H,10H2,1-3H3,(H,20,21). The Bertz CT molecular complexity index is 956. The van der Waals surface area contributed by atoms with Crippen LogP contribution in [0.1, 0.15) is 11.1 Å². The number of benzene rings is 2. The van der Waals surface area contributed by atoms with Crippen molar-refractivity contribution in [2.45, 2.75) is 24.8 Å². The highest BCUT2D eigenvalue weighted by Gasteiger charge is 2.29. The highest BCUT2D eigenvalue weighted by molar-refractivity contribution is 7.89. The van der Waals surface area contributed by atoms with Crippen molar-refractivity contribution >= 4 is 21.6 Å². The number of sulfonamides is 1. The normalized spacial score (nSPS) is 16.4. The molecule has 1 atom stereocenters. The van der Waals surface area contributed by atoms with Gasteiger partial charge in [0.15, 0.2) is 6.10 Å². The summed E-state index contributed by atoms with van der Waals surface area (Å²) in [6, 6.07) is 10.2. The van der Waals surface area contributed by atoms with Gasteiger partial charge in [0.05, 0.1) is 24.2 Å². The number of anilines is 1. The summed E-state index contributed by atoms with van der Waals surface area (Å²) in [5, 5.41) is 2.71. The van der Waals surface area contributed by atoms with Crippen LogP contribution in [0.4, 0.5) is 5.69 Å². The van der Waals surface area contributed by atoms with Crippen molar-refractivity contribution in [1.82, 2.24) is 4.72 Å². The lowest BCUT2D eigenvalue weighted by Crippen LogP contribution is -2.45. The van der Waals surface area contributed by atoms with Gasteiger partial charge in [0.2, 0.25) is 10.0 Å². The zero-order chi connectivity index (χ0) is 18.9. The number of rotatable bonds is 5. The van der Waals surface area contributed by atoms with Gasteiger partial charge in [-0.25, -0.2) is 13.1 Å². The summed E-state index contributed by atoms with van der Waals surface area (Å²) in [5.74, 6) is 0.731. The van der Waals surface area contributed by atoms with Crippen LogP contribution in [0.15, 0.2) is 41.3 Å². The van der Waals surface area contributed by atoms with E-state index < -0.39 is 22.0 Å². The number of para-hydroxylation sites is 2. The molecule has 1 heterocycles. The molecule has 0 bridgehead atoms. The number of ether oxygens (including phenoxy) is 2. The molecule has 1 aliphatic heterocycles. The van der Waals surface area contributed by atoms with Crippen molar-refractivity contribution in [3.63, 3.8) is 0 Å². The van der Waals surface area contributed by atoms with Crippen LogP contribution in [0.25, 0.3) is 0 Å². The van der Waals surface area contributed by atoms with Crippen molar-refractivity contribution in [1.29, 1.82) is 0 Å². The van der Waals surface area contributed by atoms with E-state index in [1.54, 1.807) is 50.2 Å². The maximum atomic E-state index is 12.7. The minimum atomic E-state index is -3.80. The smallest absolute Gasteiger partial charge is 0.266 e. The minimum absolute atomic E-state index is 0.146. The molecule has 7 nitrogen and oxygen atoms in total. The molecule has 0 aromatic heterocycles. The Balaban J connectivity index is 1.77. The highest BCUT2D eigenvalue weighted by atomic mass is 32.2. The maximum absolute atomic E-state index is 12.7. The van der Waals surface area contributed by atoms with E-state index in [1.165, 1.54) is 7.11 Å². The fourth-order valence-electron chi connectivity index (χ4n) is 2.76. The van der Waals surface area contributed by atoms with Crippen LogP contribution >= 0.6 is 0 Å². The fraction of sp³-hybridized carbons (Fsp3) is 0.278. The molecule has 0 spiro atoms. The molecule has 0 aliphatic carbocycles. The van der Waals surface area contributed by atoms with Gasteiger partial charge in [-0.15, -0.1) is 0 Å². The Morgan fingerprint density at radius 1 is 1.19 bits per heavy atom. The summed E-state index contributed by atoms with van der Waals surface area (Å²) < 4.78 is 38.6. The van der Waals surface area contributed by atoms with Crippen molar-refractivity contribution in [2.75, 3.05) is 19.0 Å². The Kier molecular flexibility index (Phi) is 4.88. The molecule has 1 unspecified atom stereocenters. The lowest BCUT2D eigenvalue weighted by molar-refractivity contribution is -0.123. The molecule has 3 rings (SSSR count). The number of hydrogen-bond acceptors (Lipinski definition) is 5. The summed E-state index contributed by atoms with van der Waals surface area (Å²) in [4.78, 5) is 12.3. The Morgan fingerprint density at radius 3 is 2.65 bits per heavy atom. The molecular formula is C18H20N2O5S. The topological polar surface area (TPSA) is 93.7 Å². The molecule has 1 amide bonds. The summed E-state index contributed by atoms with van der Waals surface area (Å²) in [6.45, 7) is 3.29. The third kappa shape index (κ3) is 3.51. The maximum Gasteiger partial charge on any atom is 0.266 e. The Morgan fingerprint density at radius 2 is 1.92 bits per heavy atom. The zero-order valence-corrected chi connectivity index (χ0v) is 15.5. The Labute approximate surface area is 152 Å². The SMILES string of the molecule is COc1cc(C)c(S(=O)(=O)NCC2Oc3ccccc3NC2=O)cc1C. The van der Waals surface area contributed by atoms with Crippen molar-refractivity contribution in [3.8, 4) is 11.5 Å². The molecule has 2 N–H and O–H groups in total. The first-order valence-electron chi connectivity index (χ1n) is 8.03. The molecule has 2 aromatic carbocycles. The first-order chi connectivity index (χ1) is 12.3. The van der Waals surface area contributed by atoms with E-state index in [-0.39, 0.29) is 11.4 Å². The van der Waals surface area contributed by atoms with Crippen LogP contribution in [-0.4, -0.2) is 34.1 Å². The second kappa shape index (κ2) is 6.97. The third-order valence-corrected chi connectivity index (χ3v) is 5.71. The molecule has 26 heavy (non-hydrogen) atoms. The van der Waals surface area contributed by atoms with Crippen LogP contribution in [0, 0.1) is 13.8 Å². The minimum Gasteiger partial charge on any atom is -0.496 e. The molecule has 0 radical (unpaired) electrons. The summed E-state index contributed by atoms with van der Waals surface area (Å²) in [6.07, 6.45) is -0.945. The van der Waals surface area contributed by atoms with E-state index in [0.717, 1.165) is 0 Å². The number of amides is 1. The second-order valence-electron chi connectivity index (χ2n) is 6.03. The molecule has 0 saturated carbocycles. The molecule has 1 aliphatic rings. The van der Waals surface area contributed by atoms with Gasteiger partial charge < -0.3 is 14.8 Å². The average Bonchev–Trinajstić information content (AvgIpc) is 2.61. The van der Waals surface area contributed by atoms with Crippen LogP contribution < -0.4 is 19.5 Å². The first-order valence-corrected chi connectivity index (χ1v) is 9.51. The molecule has 2 aromatic rings. The van der Waals surface area contributed by atoms with Gasteiger partial charge in [-0.05, 0) is 49.2 Å². The molecule has 0 saturated heterocycles. The molecule has 0 fully saturated rings. The Hall–Kier alpha value is -2.58. The quantitative estimate of drug-likeness (QED) is 0.832. The van der Waals surface area contributed by atoms with Crippen LogP contribution in [0.2, 0.25) is 0 Å². The highest BCUT2D eigenvalue weighted by Crippen LogP contribution is 2.29. The number of nitrogens with one attached hydrogen (secondary N) is 2. The van der Waals surface area contributed by atoms with Crippen molar-refractivity contribution in [3.05, 3.63) is 47.5 Å². The first kappa shape index (κ1) is 18.2. The summed E-state index contributed by atoms with van der Waals surface area (Å²) in [5.41, 5.74) is 1.83. The summed E-state index contributed by atoms with van der Waals surface area (Å²) in [7, 11) is -2.27. The van der Waals surface area contributed by atoms with E-state index in [1.807, 2.05) is 0 Å². The van der Waals surface area contributed by atoms with Gasteiger partial charge in [-0.1, -0.05) is 12.1 Å². The average molecular weight is 376 g/mol. The van der Waals surface area contributed by atoms with Gasteiger partial charge in [0, 0.05) is 0 Å². The van der Waals surface area contributed by atoms with Gasteiger partial charge in [0.25, 0.3) is 5.91 Å². The van der Waals surface area contributed by atoms with E-state index in [9.17, 15) is 13.2 Å². The third-order valence-electron chi connectivity index (χ3n) is 4.15. The van der Waals surface area contributed by atoms with Crippen LogP contribution in [-0.2, 0) is 14.8 Å². The number of fused-ring (bicyclic) bond motifs is 1. The van der Waals surface area contributed by atoms with Crippen molar-refractivity contribution < 1.29 is 22.7 Å². The largest absolute Gasteiger partial charge is 0.496 e. The van der Waals surface area contributed by atoms with Gasteiger partial charge in [0.1, 0.15) is 11.5 Å². The van der Waals surface area contributed by atoms with E-state index >= 15 is 0 Å². The summed E-state index contributed by atoms with van der Waals surface area (Å²) >= 11 is 0. The van der Waals surface area contributed by atoms with Crippen LogP contribution in [0.5, 0.6) is 11.5 Å². The lowest BCUT2D eigenvalue weighted by atomic mass is 10.1. The zero-order valence-electron chi connectivity index (χ0n) is 14.7. The number of methoxy groups -OCH3 is 1. The van der Waals surface area contributed by atoms with Crippen molar-refractivity contribution in [2.24, 2.45) is 0 Å². The monoisotopic (exact) mass is 376 g/mol. The van der Waals surface area contributed by atoms with E-state index in [4.69, 9.17) is 9.47 Å². The fourth-order valence-corrected chi connectivity index (χ4v) is 4.10. The molecule has 138 valence electrons. The number of carbonyl (C=O) groups excluding carboxylic acids is 1. The van der Waals surface area contributed by atoms with Gasteiger partial charge in [-0.2, -0.15) is 0 Å². The number of hydrogen-bond donors (Lipinski definition) is 2. The van der Waals surface area contributed by atoms with E-state index in [2.05, 4.69) is 10.0 Å². The number of carbonyl (C=O) groups is 1. The lowest BCUT2D eigenvalue weighted by Gasteiger charge is -2.26. The van der Waals surface area contributed by atoms with E-state index in [0.29, 0.717) is 28.3 Å².